The normalized spacial score (nSPS) is 23.8. The number of nitrogens with zero attached hydrogens (tertiary/aromatic N) is 1. The average molecular weight is 240 g/mol. The summed E-state index contributed by atoms with van der Waals surface area (Å²) in [5, 5.41) is 13.5. The Morgan fingerprint density at radius 1 is 1.44 bits per heavy atom. The van der Waals surface area contributed by atoms with Gasteiger partial charge in [-0.15, -0.1) is 0 Å². The molecule has 0 fully saturated rings. The zero-order valence-electron chi connectivity index (χ0n) is 8.55. The summed E-state index contributed by atoms with van der Waals surface area (Å²) in [7, 11) is 0. The summed E-state index contributed by atoms with van der Waals surface area (Å²) < 4.78 is 0. The van der Waals surface area contributed by atoms with Gasteiger partial charge in [0.2, 0.25) is 0 Å². The van der Waals surface area contributed by atoms with E-state index in [-0.39, 0.29) is 0 Å². The van der Waals surface area contributed by atoms with Crippen molar-refractivity contribution in [3.8, 4) is 0 Å². The maximum Gasteiger partial charge on any atom is 0.316 e. The number of hydrogen-bond donors (Lipinski definition) is 1. The fourth-order valence-electron chi connectivity index (χ4n) is 1.65. The SMILES string of the molecule is CC1ON=C(c2ccc(Cl)cc2)C1C(=O)O. The van der Waals surface area contributed by atoms with Gasteiger partial charge in [-0.1, -0.05) is 28.9 Å². The quantitative estimate of drug-likeness (QED) is 0.860. The van der Waals surface area contributed by atoms with Gasteiger partial charge in [0, 0.05) is 10.6 Å². The lowest BCUT2D eigenvalue weighted by Crippen LogP contribution is -2.29. The molecule has 0 spiro atoms. The molecule has 0 radical (unpaired) electrons. The number of aliphatic carboxylic acids is 1. The fraction of sp³-hybridized carbons (Fsp3) is 0.273. The number of carboxylic acid groups (broad SMARTS) is 1. The van der Waals surface area contributed by atoms with Gasteiger partial charge in [-0.2, -0.15) is 0 Å². The first-order valence-electron chi connectivity index (χ1n) is 4.82. The molecule has 16 heavy (non-hydrogen) atoms. The van der Waals surface area contributed by atoms with Crippen molar-refractivity contribution in [1.29, 1.82) is 0 Å². The molecule has 2 rings (SSSR count). The number of carbonyl (C=O) groups is 1. The molecule has 1 aromatic carbocycles. The van der Waals surface area contributed by atoms with E-state index in [1.807, 2.05) is 0 Å². The predicted octanol–water partition coefficient (Wildman–Crippen LogP) is 2.16. The third-order valence-corrected chi connectivity index (χ3v) is 2.74. The molecule has 1 aromatic rings. The molecular formula is C11H10ClNO3. The number of rotatable bonds is 2. The summed E-state index contributed by atoms with van der Waals surface area (Å²) >= 11 is 5.76. The van der Waals surface area contributed by atoms with Crippen LogP contribution in [0.15, 0.2) is 29.4 Å². The molecule has 5 heteroatoms. The Morgan fingerprint density at radius 3 is 2.62 bits per heavy atom. The smallest absolute Gasteiger partial charge is 0.316 e. The Kier molecular flexibility index (Phi) is 2.83. The number of halogens is 1. The third kappa shape index (κ3) is 1.88. The summed E-state index contributed by atoms with van der Waals surface area (Å²) in [5.74, 6) is -1.65. The largest absolute Gasteiger partial charge is 0.481 e. The van der Waals surface area contributed by atoms with Gasteiger partial charge in [0.25, 0.3) is 0 Å². The van der Waals surface area contributed by atoms with Gasteiger partial charge in [-0.05, 0) is 19.1 Å². The van der Waals surface area contributed by atoms with Crippen molar-refractivity contribution in [3.63, 3.8) is 0 Å². The van der Waals surface area contributed by atoms with Crippen LogP contribution < -0.4 is 0 Å². The molecule has 0 aliphatic carbocycles. The summed E-state index contributed by atoms with van der Waals surface area (Å²) in [6, 6.07) is 6.86. The van der Waals surface area contributed by atoms with Crippen LogP contribution in [0.25, 0.3) is 0 Å². The Morgan fingerprint density at radius 2 is 2.06 bits per heavy atom. The highest BCUT2D eigenvalue weighted by Crippen LogP contribution is 2.24. The third-order valence-electron chi connectivity index (χ3n) is 2.49. The van der Waals surface area contributed by atoms with Gasteiger partial charge in [-0.25, -0.2) is 0 Å². The minimum absolute atomic E-state index is 0.441. The van der Waals surface area contributed by atoms with Crippen LogP contribution in [0.2, 0.25) is 5.02 Å². The number of hydrogen-bond acceptors (Lipinski definition) is 3. The van der Waals surface area contributed by atoms with Crippen LogP contribution in [-0.2, 0) is 9.63 Å². The minimum atomic E-state index is -0.932. The van der Waals surface area contributed by atoms with Crippen molar-refractivity contribution in [2.45, 2.75) is 13.0 Å². The van der Waals surface area contributed by atoms with Crippen molar-refractivity contribution in [2.24, 2.45) is 11.1 Å². The Hall–Kier alpha value is -1.55. The van der Waals surface area contributed by atoms with Crippen molar-refractivity contribution in [3.05, 3.63) is 34.9 Å². The molecule has 1 heterocycles. The van der Waals surface area contributed by atoms with Crippen LogP contribution in [0.1, 0.15) is 12.5 Å². The maximum atomic E-state index is 11.1. The summed E-state index contributed by atoms with van der Waals surface area (Å²) in [4.78, 5) is 16.1. The molecule has 0 saturated carbocycles. The first kappa shape index (κ1) is 11.0. The number of carboxylic acids is 1. The molecule has 84 valence electrons. The van der Waals surface area contributed by atoms with E-state index in [0.29, 0.717) is 10.7 Å². The number of benzene rings is 1. The minimum Gasteiger partial charge on any atom is -0.481 e. The molecule has 2 unspecified atom stereocenters. The van der Waals surface area contributed by atoms with Crippen LogP contribution in [0.3, 0.4) is 0 Å². The second-order valence-corrected chi connectivity index (χ2v) is 4.05. The molecule has 1 aliphatic heterocycles. The lowest BCUT2D eigenvalue weighted by atomic mass is 9.93. The van der Waals surface area contributed by atoms with E-state index in [1.165, 1.54) is 0 Å². The van der Waals surface area contributed by atoms with Crippen molar-refractivity contribution in [2.75, 3.05) is 0 Å². The molecule has 1 N–H and O–H groups in total. The first-order chi connectivity index (χ1) is 7.59. The molecule has 4 nitrogen and oxygen atoms in total. The standard InChI is InChI=1S/C11H10ClNO3/c1-6-9(11(14)15)10(13-16-6)7-2-4-8(12)5-3-7/h2-6,9H,1H3,(H,14,15). The molecule has 0 saturated heterocycles. The van der Waals surface area contributed by atoms with Crippen molar-refractivity contribution in [1.82, 2.24) is 0 Å². The van der Waals surface area contributed by atoms with E-state index in [4.69, 9.17) is 21.5 Å². The predicted molar refractivity (Wildman–Crippen MR) is 59.7 cm³/mol. The van der Waals surface area contributed by atoms with E-state index >= 15 is 0 Å². The molecule has 2 atom stereocenters. The molecule has 0 amide bonds. The first-order valence-corrected chi connectivity index (χ1v) is 5.20. The van der Waals surface area contributed by atoms with Gasteiger partial charge in [0.15, 0.2) is 0 Å². The molecular weight excluding hydrogens is 230 g/mol. The monoisotopic (exact) mass is 239 g/mol. The van der Waals surface area contributed by atoms with Crippen LogP contribution in [0.4, 0.5) is 0 Å². The summed E-state index contributed by atoms with van der Waals surface area (Å²) in [6.07, 6.45) is -0.442. The molecule has 0 aromatic heterocycles. The topological polar surface area (TPSA) is 58.9 Å². The summed E-state index contributed by atoms with van der Waals surface area (Å²) in [6.45, 7) is 1.69. The highest BCUT2D eigenvalue weighted by atomic mass is 35.5. The fourth-order valence-corrected chi connectivity index (χ4v) is 1.78. The summed E-state index contributed by atoms with van der Waals surface area (Å²) in [5.41, 5.74) is 1.16. The Bertz CT molecular complexity index is 441. The van der Waals surface area contributed by atoms with Gasteiger partial charge in [0.1, 0.15) is 17.7 Å². The van der Waals surface area contributed by atoms with E-state index in [0.717, 1.165) is 5.56 Å². The van der Waals surface area contributed by atoms with E-state index in [2.05, 4.69) is 5.16 Å². The maximum absolute atomic E-state index is 11.1. The van der Waals surface area contributed by atoms with E-state index < -0.39 is 18.0 Å². The van der Waals surface area contributed by atoms with E-state index in [1.54, 1.807) is 31.2 Å². The Balaban J connectivity index is 2.34. The molecule has 1 aliphatic rings. The Labute approximate surface area is 97.5 Å². The van der Waals surface area contributed by atoms with Crippen molar-refractivity contribution < 1.29 is 14.7 Å². The number of oxime groups is 1. The van der Waals surface area contributed by atoms with Gasteiger partial charge >= 0.3 is 5.97 Å². The van der Waals surface area contributed by atoms with Crippen LogP contribution in [0, 0.1) is 5.92 Å². The average Bonchev–Trinajstić information content (AvgIpc) is 2.61. The highest BCUT2D eigenvalue weighted by Gasteiger charge is 2.37. The second-order valence-electron chi connectivity index (χ2n) is 3.61. The van der Waals surface area contributed by atoms with Crippen LogP contribution in [-0.4, -0.2) is 22.9 Å². The zero-order valence-corrected chi connectivity index (χ0v) is 9.31. The van der Waals surface area contributed by atoms with Gasteiger partial charge in [-0.3, -0.25) is 4.79 Å². The van der Waals surface area contributed by atoms with Gasteiger partial charge < -0.3 is 9.94 Å². The molecule has 0 bridgehead atoms. The van der Waals surface area contributed by atoms with E-state index in [9.17, 15) is 4.79 Å². The lowest BCUT2D eigenvalue weighted by Gasteiger charge is -2.09. The second kappa shape index (κ2) is 4.14. The lowest BCUT2D eigenvalue weighted by molar-refractivity contribution is -0.141. The zero-order chi connectivity index (χ0) is 11.7. The highest BCUT2D eigenvalue weighted by molar-refractivity contribution is 6.30. The van der Waals surface area contributed by atoms with Crippen LogP contribution in [0.5, 0.6) is 0 Å². The van der Waals surface area contributed by atoms with Crippen LogP contribution >= 0.6 is 11.6 Å². The van der Waals surface area contributed by atoms with Crippen molar-refractivity contribution >= 4 is 23.3 Å². The van der Waals surface area contributed by atoms with Gasteiger partial charge in [0.05, 0.1) is 0 Å².